The molecule has 1 atom stereocenters. The molecule has 3 aromatic carbocycles. The van der Waals surface area contributed by atoms with Crippen molar-refractivity contribution < 1.29 is 19.1 Å². The van der Waals surface area contributed by atoms with Gasteiger partial charge in [-0.15, -0.1) is 0 Å². The molecule has 41 heavy (non-hydrogen) atoms. The smallest absolute Gasteiger partial charge is 0.280 e. The zero-order valence-electron chi connectivity index (χ0n) is 23.2. The van der Waals surface area contributed by atoms with Crippen LogP contribution in [-0.4, -0.2) is 35.1 Å². The largest absolute Gasteiger partial charge is 0.496 e. The summed E-state index contributed by atoms with van der Waals surface area (Å²) in [5.74, 6) is 0.908. The third-order valence-electron chi connectivity index (χ3n) is 7.60. The predicted molar refractivity (Wildman–Crippen MR) is 160 cm³/mol. The maximum Gasteiger partial charge on any atom is 0.280 e. The van der Waals surface area contributed by atoms with Crippen molar-refractivity contribution >= 4 is 46.4 Å². The first-order valence-corrected chi connectivity index (χ1v) is 14.0. The van der Waals surface area contributed by atoms with E-state index in [1.54, 1.807) is 43.5 Å². The van der Waals surface area contributed by atoms with E-state index in [9.17, 15) is 9.59 Å². The van der Waals surface area contributed by atoms with Crippen molar-refractivity contribution in [3.8, 4) is 22.9 Å². The first-order chi connectivity index (χ1) is 19.6. The monoisotopic (exact) mass is 590 g/mol. The normalized spacial score (nSPS) is 17.3. The molecule has 0 radical (unpaired) electrons. The van der Waals surface area contributed by atoms with Crippen molar-refractivity contribution in [2.24, 2.45) is 0 Å². The van der Waals surface area contributed by atoms with Gasteiger partial charge in [-0.1, -0.05) is 35.3 Å². The second-order valence-electron chi connectivity index (χ2n) is 10.3. The number of rotatable bonds is 6. The van der Waals surface area contributed by atoms with Gasteiger partial charge in [-0.25, -0.2) is 4.98 Å². The predicted octanol–water partition coefficient (Wildman–Crippen LogP) is 7.01. The number of ether oxygens (including phenoxy) is 2. The maximum absolute atomic E-state index is 14.5. The van der Waals surface area contributed by atoms with Gasteiger partial charge in [0.15, 0.2) is 11.2 Å². The van der Waals surface area contributed by atoms with Gasteiger partial charge in [0.05, 0.1) is 30.7 Å². The topological polar surface area (TPSA) is 85.7 Å². The maximum atomic E-state index is 14.5. The molecule has 210 valence electrons. The summed E-state index contributed by atoms with van der Waals surface area (Å²) in [6.45, 7) is 8.28. The van der Waals surface area contributed by atoms with Crippen LogP contribution in [0.4, 0.5) is 11.4 Å². The van der Waals surface area contributed by atoms with Crippen LogP contribution in [0, 0.1) is 6.92 Å². The van der Waals surface area contributed by atoms with Crippen LogP contribution in [0.2, 0.25) is 10.0 Å². The Hall–Kier alpha value is -4.01. The molecule has 0 saturated carbocycles. The Morgan fingerprint density at radius 1 is 1.02 bits per heavy atom. The van der Waals surface area contributed by atoms with E-state index >= 15 is 0 Å². The van der Waals surface area contributed by atoms with Gasteiger partial charge in [-0.3, -0.25) is 14.5 Å². The number of benzene rings is 3. The highest BCUT2D eigenvalue weighted by molar-refractivity contribution is 6.32. The minimum atomic E-state index is -1.56. The zero-order chi connectivity index (χ0) is 29.2. The molecule has 4 aromatic rings. The number of amides is 2. The standard InChI is InChI=1S/C31H28Cl2N4O4/c1-6-41-20-10-11-21(25(15-20)40-5)28-35-26-27(36(28)16(2)3)31(22-12-9-18(32)13-23(22)34-30(31)39)37(29(26)38)24-14-19(33)8-7-17(24)4/h7-16H,6H2,1-5H3,(H,34,39)/t31-/m1/s1. The number of aryl methyl sites for hydroxylation is 1. The number of methoxy groups -OCH3 is 1. The molecule has 6 rings (SSSR count). The fraction of sp³-hybridized carbons (Fsp3) is 0.258. The van der Waals surface area contributed by atoms with Crippen molar-refractivity contribution in [1.29, 1.82) is 0 Å². The van der Waals surface area contributed by atoms with Crippen LogP contribution in [0.15, 0.2) is 54.6 Å². The summed E-state index contributed by atoms with van der Waals surface area (Å²) in [5, 5.41) is 3.90. The number of carbonyl (C=O) groups excluding carboxylic acids is 2. The molecular weight excluding hydrogens is 563 g/mol. The number of nitrogens with zero attached hydrogens (tertiary/aromatic N) is 3. The molecule has 0 aliphatic carbocycles. The van der Waals surface area contributed by atoms with Crippen molar-refractivity contribution in [2.75, 3.05) is 23.9 Å². The highest BCUT2D eigenvalue weighted by atomic mass is 35.5. The lowest BCUT2D eigenvalue weighted by atomic mass is 9.86. The van der Waals surface area contributed by atoms with Gasteiger partial charge < -0.3 is 19.4 Å². The Morgan fingerprint density at radius 2 is 1.76 bits per heavy atom. The van der Waals surface area contributed by atoms with Crippen LogP contribution >= 0.6 is 23.2 Å². The lowest BCUT2D eigenvalue weighted by molar-refractivity contribution is -0.119. The molecular formula is C31H28Cl2N4O4. The van der Waals surface area contributed by atoms with E-state index in [1.807, 2.05) is 50.5 Å². The summed E-state index contributed by atoms with van der Waals surface area (Å²) in [6, 6.07) is 15.8. The number of anilines is 2. The van der Waals surface area contributed by atoms with E-state index in [4.69, 9.17) is 37.7 Å². The third kappa shape index (κ3) is 3.85. The van der Waals surface area contributed by atoms with Gasteiger partial charge >= 0.3 is 0 Å². The molecule has 2 aliphatic rings. The molecule has 1 spiro atoms. The fourth-order valence-electron chi connectivity index (χ4n) is 5.94. The molecule has 8 nitrogen and oxygen atoms in total. The molecule has 3 heterocycles. The summed E-state index contributed by atoms with van der Waals surface area (Å²) in [4.78, 5) is 35.3. The van der Waals surface area contributed by atoms with Gasteiger partial charge in [0, 0.05) is 33.4 Å². The van der Waals surface area contributed by atoms with Crippen molar-refractivity contribution in [2.45, 2.75) is 39.3 Å². The van der Waals surface area contributed by atoms with Crippen LogP contribution in [0.25, 0.3) is 11.4 Å². The minimum absolute atomic E-state index is 0.182. The lowest BCUT2D eigenvalue weighted by Crippen LogP contribution is -2.51. The van der Waals surface area contributed by atoms with Crippen molar-refractivity contribution in [3.05, 3.63) is 87.2 Å². The second kappa shape index (κ2) is 9.82. The van der Waals surface area contributed by atoms with Crippen molar-refractivity contribution in [1.82, 2.24) is 9.55 Å². The van der Waals surface area contributed by atoms with E-state index in [0.717, 1.165) is 5.56 Å². The number of hydrogen-bond acceptors (Lipinski definition) is 5. The molecule has 1 aromatic heterocycles. The number of hydrogen-bond donors (Lipinski definition) is 1. The van der Waals surface area contributed by atoms with Gasteiger partial charge in [-0.05, 0) is 69.7 Å². The number of nitrogens with one attached hydrogen (secondary N) is 1. The number of fused-ring (bicyclic) bond motifs is 4. The molecule has 10 heteroatoms. The molecule has 0 bridgehead atoms. The number of aromatic nitrogens is 2. The SMILES string of the molecule is CCOc1ccc(-c2nc3c(n2C(C)C)[C@]2(C(=O)Nc4cc(Cl)ccc42)N(c2cc(Cl)ccc2C)C3=O)c(OC)c1. The molecule has 0 unspecified atom stereocenters. The van der Waals surface area contributed by atoms with Gasteiger partial charge in [-0.2, -0.15) is 0 Å². The molecule has 1 N–H and O–H groups in total. The third-order valence-corrected chi connectivity index (χ3v) is 8.07. The average Bonchev–Trinajstić information content (AvgIpc) is 3.54. The van der Waals surface area contributed by atoms with Gasteiger partial charge in [0.25, 0.3) is 11.8 Å². The van der Waals surface area contributed by atoms with Crippen molar-refractivity contribution in [3.63, 3.8) is 0 Å². The Labute approximate surface area is 247 Å². The minimum Gasteiger partial charge on any atom is -0.496 e. The van der Waals surface area contributed by atoms with Gasteiger partial charge in [0.1, 0.15) is 17.3 Å². The second-order valence-corrected chi connectivity index (χ2v) is 11.2. The molecule has 0 saturated heterocycles. The van der Waals surface area contributed by atoms with E-state index < -0.39 is 11.4 Å². The van der Waals surface area contributed by atoms with Crippen LogP contribution in [0.3, 0.4) is 0 Å². The Balaban J connectivity index is 1.70. The summed E-state index contributed by atoms with van der Waals surface area (Å²) in [7, 11) is 1.58. The van der Waals surface area contributed by atoms with E-state index in [2.05, 4.69) is 5.32 Å². The van der Waals surface area contributed by atoms with E-state index in [0.29, 0.717) is 62.2 Å². The Kier molecular flexibility index (Phi) is 6.51. The quantitative estimate of drug-likeness (QED) is 0.261. The Morgan fingerprint density at radius 3 is 2.46 bits per heavy atom. The number of imidazole rings is 1. The number of carbonyl (C=O) groups is 2. The first-order valence-electron chi connectivity index (χ1n) is 13.3. The highest BCUT2D eigenvalue weighted by Gasteiger charge is 2.64. The highest BCUT2D eigenvalue weighted by Crippen LogP contribution is 2.55. The summed E-state index contributed by atoms with van der Waals surface area (Å²) in [6.07, 6.45) is 0. The molecule has 2 amide bonds. The number of halogens is 2. The van der Waals surface area contributed by atoms with Crippen LogP contribution < -0.4 is 19.7 Å². The summed E-state index contributed by atoms with van der Waals surface area (Å²) < 4.78 is 13.4. The summed E-state index contributed by atoms with van der Waals surface area (Å²) in [5.41, 5.74) is 2.21. The average molecular weight is 591 g/mol. The Bertz CT molecular complexity index is 1750. The van der Waals surface area contributed by atoms with E-state index in [1.165, 1.54) is 4.90 Å². The van der Waals surface area contributed by atoms with Gasteiger partial charge in [0.2, 0.25) is 0 Å². The molecule has 2 aliphatic heterocycles. The van der Waals surface area contributed by atoms with E-state index in [-0.39, 0.29) is 17.6 Å². The fourth-order valence-corrected chi connectivity index (χ4v) is 6.28. The zero-order valence-corrected chi connectivity index (χ0v) is 24.7. The first kappa shape index (κ1) is 27.2. The van der Waals surface area contributed by atoms with Crippen LogP contribution in [0.1, 0.15) is 54.1 Å². The van der Waals surface area contributed by atoms with Crippen LogP contribution in [0.5, 0.6) is 11.5 Å². The molecule has 0 fully saturated rings. The van der Waals surface area contributed by atoms with Crippen LogP contribution in [-0.2, 0) is 10.3 Å². The summed E-state index contributed by atoms with van der Waals surface area (Å²) >= 11 is 12.8. The lowest BCUT2D eigenvalue weighted by Gasteiger charge is -2.36.